The van der Waals surface area contributed by atoms with E-state index in [1.54, 1.807) is 25.1 Å². The van der Waals surface area contributed by atoms with Crippen LogP contribution in [0.5, 0.6) is 0 Å². The van der Waals surface area contributed by atoms with E-state index in [1.807, 2.05) is 0 Å². The molecule has 0 saturated heterocycles. The van der Waals surface area contributed by atoms with Gasteiger partial charge in [-0.2, -0.15) is 0 Å². The second kappa shape index (κ2) is 5.30. The van der Waals surface area contributed by atoms with Crippen molar-refractivity contribution in [3.63, 3.8) is 0 Å². The van der Waals surface area contributed by atoms with Crippen LogP contribution in [0.4, 0.5) is 5.69 Å². The first-order valence-corrected chi connectivity index (χ1v) is 6.07. The van der Waals surface area contributed by atoms with Gasteiger partial charge in [-0.1, -0.05) is 29.8 Å². The van der Waals surface area contributed by atoms with Crippen LogP contribution >= 0.6 is 11.6 Å². The van der Waals surface area contributed by atoms with Crippen molar-refractivity contribution in [2.45, 2.75) is 6.92 Å². The molecule has 102 valence electrons. The van der Waals surface area contributed by atoms with Gasteiger partial charge in [-0.05, 0) is 35.7 Å². The number of nitro benzene ring substituents is 1. The summed E-state index contributed by atoms with van der Waals surface area (Å²) >= 11 is 6.02. The van der Waals surface area contributed by atoms with Gasteiger partial charge in [-0.15, -0.1) is 0 Å². The molecule has 0 fully saturated rings. The Hall–Kier alpha value is -2.40. The fourth-order valence-corrected chi connectivity index (χ4v) is 2.13. The molecule has 0 aliphatic carbocycles. The Kier molecular flexibility index (Phi) is 3.72. The number of nitro groups is 1. The maximum Gasteiger partial charge on any atom is 0.342 e. The zero-order valence-corrected chi connectivity index (χ0v) is 11.2. The first-order chi connectivity index (χ1) is 9.41. The van der Waals surface area contributed by atoms with Gasteiger partial charge in [0, 0.05) is 11.1 Å². The van der Waals surface area contributed by atoms with Crippen LogP contribution in [0.3, 0.4) is 0 Å². The highest BCUT2D eigenvalue weighted by Gasteiger charge is 2.20. The minimum Gasteiger partial charge on any atom is -0.477 e. The first kappa shape index (κ1) is 14.0. The number of carboxylic acid groups (broad SMARTS) is 1. The number of halogens is 1. The van der Waals surface area contributed by atoms with Crippen LogP contribution in [0.2, 0.25) is 5.02 Å². The average Bonchev–Trinajstić information content (AvgIpc) is 2.41. The van der Waals surface area contributed by atoms with E-state index in [4.69, 9.17) is 16.7 Å². The topological polar surface area (TPSA) is 80.4 Å². The molecule has 0 radical (unpaired) electrons. The van der Waals surface area contributed by atoms with E-state index in [9.17, 15) is 14.9 Å². The third-order valence-electron chi connectivity index (χ3n) is 3.00. The second-order valence-electron chi connectivity index (χ2n) is 4.21. The summed E-state index contributed by atoms with van der Waals surface area (Å²) in [5.74, 6) is -1.33. The summed E-state index contributed by atoms with van der Waals surface area (Å²) in [6, 6.07) is 9.26. The van der Waals surface area contributed by atoms with Crippen molar-refractivity contribution in [3.8, 4) is 11.1 Å². The standard InChI is InChI=1S/C14H10ClNO4/c1-8-10(3-2-4-12(8)15)9-5-6-11(14(17)18)13(7-9)16(19)20/h2-7H,1H3,(H,17,18). The summed E-state index contributed by atoms with van der Waals surface area (Å²) in [5.41, 5.74) is 1.30. The minimum absolute atomic E-state index is 0.335. The lowest BCUT2D eigenvalue weighted by atomic mass is 9.98. The van der Waals surface area contributed by atoms with E-state index < -0.39 is 16.6 Å². The van der Waals surface area contributed by atoms with Crippen LogP contribution in [0.1, 0.15) is 15.9 Å². The van der Waals surface area contributed by atoms with Crippen LogP contribution in [-0.2, 0) is 0 Å². The largest absolute Gasteiger partial charge is 0.477 e. The molecule has 20 heavy (non-hydrogen) atoms. The summed E-state index contributed by atoms with van der Waals surface area (Å²) in [4.78, 5) is 21.2. The molecule has 6 heteroatoms. The number of aromatic carboxylic acids is 1. The highest BCUT2D eigenvalue weighted by atomic mass is 35.5. The van der Waals surface area contributed by atoms with E-state index in [0.717, 1.165) is 11.1 Å². The van der Waals surface area contributed by atoms with Crippen molar-refractivity contribution in [2.24, 2.45) is 0 Å². The molecule has 0 spiro atoms. The summed E-state index contributed by atoms with van der Waals surface area (Å²) < 4.78 is 0. The van der Waals surface area contributed by atoms with Crippen LogP contribution in [-0.4, -0.2) is 16.0 Å². The van der Waals surface area contributed by atoms with Crippen molar-refractivity contribution < 1.29 is 14.8 Å². The lowest BCUT2D eigenvalue weighted by Crippen LogP contribution is -2.02. The minimum atomic E-state index is -1.33. The summed E-state index contributed by atoms with van der Waals surface area (Å²) in [6.07, 6.45) is 0. The molecule has 1 N–H and O–H groups in total. The van der Waals surface area contributed by atoms with E-state index >= 15 is 0 Å². The Morgan fingerprint density at radius 1 is 1.30 bits per heavy atom. The Bertz CT molecular complexity index is 712. The number of carboxylic acids is 1. The highest BCUT2D eigenvalue weighted by Crippen LogP contribution is 2.32. The van der Waals surface area contributed by atoms with Crippen molar-refractivity contribution in [1.29, 1.82) is 0 Å². The fraction of sp³-hybridized carbons (Fsp3) is 0.0714. The van der Waals surface area contributed by atoms with Gasteiger partial charge in [0.25, 0.3) is 5.69 Å². The second-order valence-corrected chi connectivity index (χ2v) is 4.61. The van der Waals surface area contributed by atoms with Gasteiger partial charge in [0.1, 0.15) is 5.56 Å². The average molecular weight is 292 g/mol. The molecular formula is C14H10ClNO4. The molecule has 0 atom stereocenters. The van der Waals surface area contributed by atoms with Gasteiger partial charge >= 0.3 is 5.97 Å². The molecule has 0 amide bonds. The molecule has 0 aromatic heterocycles. The summed E-state index contributed by atoms with van der Waals surface area (Å²) in [5, 5.41) is 20.5. The van der Waals surface area contributed by atoms with E-state index in [-0.39, 0.29) is 5.56 Å². The van der Waals surface area contributed by atoms with Crippen LogP contribution < -0.4 is 0 Å². The molecule has 0 saturated carbocycles. The van der Waals surface area contributed by atoms with Gasteiger partial charge in [0.2, 0.25) is 0 Å². The number of carbonyl (C=O) groups is 1. The molecule has 2 aromatic rings. The van der Waals surface area contributed by atoms with Crippen molar-refractivity contribution >= 4 is 23.3 Å². The van der Waals surface area contributed by atoms with Crippen molar-refractivity contribution in [1.82, 2.24) is 0 Å². The number of rotatable bonds is 3. The maximum atomic E-state index is 11.0. The van der Waals surface area contributed by atoms with E-state index in [1.165, 1.54) is 18.2 Å². The molecule has 2 rings (SSSR count). The Balaban J connectivity index is 2.65. The van der Waals surface area contributed by atoms with Crippen LogP contribution in [0, 0.1) is 17.0 Å². The molecule has 0 unspecified atom stereocenters. The predicted octanol–water partition coefficient (Wildman–Crippen LogP) is 3.92. The smallest absolute Gasteiger partial charge is 0.342 e. The molecule has 0 heterocycles. The molecule has 0 aliphatic rings. The lowest BCUT2D eigenvalue weighted by Gasteiger charge is -2.08. The number of nitrogens with zero attached hydrogens (tertiary/aromatic N) is 1. The van der Waals surface area contributed by atoms with Crippen molar-refractivity contribution in [2.75, 3.05) is 0 Å². The molecule has 0 bridgehead atoms. The predicted molar refractivity (Wildman–Crippen MR) is 75.2 cm³/mol. The van der Waals surface area contributed by atoms with Crippen LogP contribution in [0.15, 0.2) is 36.4 Å². The SMILES string of the molecule is Cc1c(Cl)cccc1-c1ccc(C(=O)O)c([N+](=O)[O-])c1. The number of hydrogen-bond donors (Lipinski definition) is 1. The zero-order valence-electron chi connectivity index (χ0n) is 10.5. The number of hydrogen-bond acceptors (Lipinski definition) is 3. The quantitative estimate of drug-likeness (QED) is 0.686. The van der Waals surface area contributed by atoms with E-state index in [2.05, 4.69) is 0 Å². The third kappa shape index (κ3) is 2.48. The Labute approximate surface area is 119 Å². The fourth-order valence-electron chi connectivity index (χ4n) is 1.95. The molecular weight excluding hydrogens is 282 g/mol. The van der Waals surface area contributed by atoms with Gasteiger partial charge in [0.05, 0.1) is 4.92 Å². The van der Waals surface area contributed by atoms with Crippen LogP contribution in [0.25, 0.3) is 11.1 Å². The molecule has 5 nitrogen and oxygen atoms in total. The summed E-state index contributed by atoms with van der Waals surface area (Å²) in [7, 11) is 0. The molecule has 0 aliphatic heterocycles. The molecule has 2 aromatic carbocycles. The summed E-state index contributed by atoms with van der Waals surface area (Å²) in [6.45, 7) is 1.80. The van der Waals surface area contributed by atoms with Gasteiger partial charge in [-0.3, -0.25) is 10.1 Å². The number of benzene rings is 2. The Morgan fingerprint density at radius 3 is 2.60 bits per heavy atom. The van der Waals surface area contributed by atoms with Gasteiger partial charge in [0.15, 0.2) is 0 Å². The normalized spacial score (nSPS) is 10.3. The van der Waals surface area contributed by atoms with Crippen molar-refractivity contribution in [3.05, 3.63) is 62.7 Å². The third-order valence-corrected chi connectivity index (χ3v) is 3.41. The first-order valence-electron chi connectivity index (χ1n) is 5.69. The zero-order chi connectivity index (χ0) is 14.9. The Morgan fingerprint density at radius 2 is 2.00 bits per heavy atom. The maximum absolute atomic E-state index is 11.0. The lowest BCUT2D eigenvalue weighted by molar-refractivity contribution is -0.385. The monoisotopic (exact) mass is 291 g/mol. The highest BCUT2D eigenvalue weighted by molar-refractivity contribution is 6.31. The van der Waals surface area contributed by atoms with Gasteiger partial charge < -0.3 is 5.11 Å². The van der Waals surface area contributed by atoms with E-state index in [0.29, 0.717) is 10.6 Å². The van der Waals surface area contributed by atoms with Gasteiger partial charge in [-0.25, -0.2) is 4.79 Å².